The molecule has 9 heteroatoms. The third-order valence-electron chi connectivity index (χ3n) is 4.66. The van der Waals surface area contributed by atoms with E-state index in [0.717, 1.165) is 18.2 Å². The number of para-hydroxylation sites is 3. The molecule has 0 spiro atoms. The third-order valence-corrected chi connectivity index (χ3v) is 5.60. The molecule has 3 rings (SSSR count). The summed E-state index contributed by atoms with van der Waals surface area (Å²) in [5.41, 5.74) is 0.778. The Morgan fingerprint density at radius 3 is 2.59 bits per heavy atom. The molecular weight excluding hydrogens is 428 g/mol. The quantitative estimate of drug-likeness (QED) is 0.400. The van der Waals surface area contributed by atoms with Crippen LogP contribution in [0.25, 0.3) is 16.6 Å². The molecule has 3 aromatic rings. The van der Waals surface area contributed by atoms with Crippen molar-refractivity contribution in [3.8, 4) is 11.4 Å². The van der Waals surface area contributed by atoms with Crippen molar-refractivity contribution in [2.24, 2.45) is 5.92 Å². The lowest BCUT2D eigenvalue weighted by Gasteiger charge is -2.15. The second-order valence-corrected chi connectivity index (χ2v) is 8.44. The minimum absolute atomic E-state index is 0.0858. The number of hydrogen-bond donors (Lipinski definition) is 2. The smallest absolute Gasteiger partial charge is 0.321 e. The Labute approximate surface area is 190 Å². The maximum Gasteiger partial charge on any atom is 0.321 e. The summed E-state index contributed by atoms with van der Waals surface area (Å²) in [4.78, 5) is 42.1. The van der Waals surface area contributed by atoms with Crippen LogP contribution in [0.5, 0.6) is 5.75 Å². The van der Waals surface area contributed by atoms with Gasteiger partial charge in [-0.05, 0) is 36.6 Å². The summed E-state index contributed by atoms with van der Waals surface area (Å²) >= 11 is 1.07. The van der Waals surface area contributed by atoms with Crippen LogP contribution in [0.15, 0.2) is 58.5 Å². The average molecular weight is 455 g/mol. The van der Waals surface area contributed by atoms with Gasteiger partial charge in [-0.3, -0.25) is 19.5 Å². The molecule has 0 saturated carbocycles. The van der Waals surface area contributed by atoms with Crippen LogP contribution in [0.1, 0.15) is 20.3 Å². The van der Waals surface area contributed by atoms with Gasteiger partial charge in [-0.2, -0.15) is 0 Å². The van der Waals surface area contributed by atoms with E-state index in [4.69, 9.17) is 4.74 Å². The first-order valence-corrected chi connectivity index (χ1v) is 11.2. The van der Waals surface area contributed by atoms with Crippen LogP contribution in [0.2, 0.25) is 0 Å². The number of ether oxygens (including phenoxy) is 1. The van der Waals surface area contributed by atoms with E-state index < -0.39 is 11.9 Å². The molecule has 0 aliphatic carbocycles. The number of amides is 3. The van der Waals surface area contributed by atoms with E-state index in [1.807, 2.05) is 0 Å². The predicted molar refractivity (Wildman–Crippen MR) is 126 cm³/mol. The number of hydrogen-bond acceptors (Lipinski definition) is 6. The largest absolute Gasteiger partial charge is 0.495 e. The molecular formula is C23H26N4O4S. The first-order valence-electron chi connectivity index (χ1n) is 10.3. The monoisotopic (exact) mass is 454 g/mol. The predicted octanol–water partition coefficient (Wildman–Crippen LogP) is 3.36. The lowest BCUT2D eigenvalue weighted by Crippen LogP contribution is -2.41. The molecule has 0 aliphatic rings. The molecule has 0 atom stereocenters. The van der Waals surface area contributed by atoms with E-state index in [2.05, 4.69) is 29.5 Å². The van der Waals surface area contributed by atoms with E-state index in [-0.39, 0.29) is 11.3 Å². The number of imide groups is 1. The minimum atomic E-state index is -0.537. The minimum Gasteiger partial charge on any atom is -0.495 e. The van der Waals surface area contributed by atoms with E-state index in [1.165, 1.54) is 11.7 Å². The Morgan fingerprint density at radius 1 is 1.12 bits per heavy atom. The zero-order chi connectivity index (χ0) is 23.1. The molecule has 0 saturated heterocycles. The van der Waals surface area contributed by atoms with Gasteiger partial charge in [-0.15, -0.1) is 0 Å². The number of benzene rings is 2. The second kappa shape index (κ2) is 10.8. The number of nitrogens with zero attached hydrogens (tertiary/aromatic N) is 2. The molecule has 0 unspecified atom stereocenters. The molecule has 32 heavy (non-hydrogen) atoms. The lowest BCUT2D eigenvalue weighted by atomic mass is 10.1. The van der Waals surface area contributed by atoms with E-state index in [9.17, 15) is 14.4 Å². The summed E-state index contributed by atoms with van der Waals surface area (Å²) in [5, 5.41) is 5.75. The summed E-state index contributed by atoms with van der Waals surface area (Å²) in [6, 6.07) is 13.6. The Balaban J connectivity index is 1.85. The van der Waals surface area contributed by atoms with Gasteiger partial charge >= 0.3 is 6.03 Å². The fourth-order valence-electron chi connectivity index (χ4n) is 3.05. The fourth-order valence-corrected chi connectivity index (χ4v) is 3.85. The maximum atomic E-state index is 13.3. The lowest BCUT2D eigenvalue weighted by molar-refractivity contribution is -0.117. The summed E-state index contributed by atoms with van der Waals surface area (Å²) in [5.74, 6) is 0.387. The van der Waals surface area contributed by atoms with Gasteiger partial charge in [0.25, 0.3) is 5.56 Å². The highest BCUT2D eigenvalue weighted by atomic mass is 32.2. The van der Waals surface area contributed by atoms with Gasteiger partial charge in [-0.25, -0.2) is 9.78 Å². The van der Waals surface area contributed by atoms with Gasteiger partial charge in [0.2, 0.25) is 5.91 Å². The third kappa shape index (κ3) is 5.67. The van der Waals surface area contributed by atoms with Crippen molar-refractivity contribution in [2.45, 2.75) is 25.4 Å². The molecule has 3 amide bonds. The first-order chi connectivity index (χ1) is 15.4. The van der Waals surface area contributed by atoms with Gasteiger partial charge in [0.05, 0.1) is 29.5 Å². The molecule has 0 bridgehead atoms. The zero-order valence-electron chi connectivity index (χ0n) is 18.3. The number of thioether (sulfide) groups is 1. The van der Waals surface area contributed by atoms with Gasteiger partial charge < -0.3 is 10.1 Å². The van der Waals surface area contributed by atoms with Crippen LogP contribution < -0.4 is 20.9 Å². The summed E-state index contributed by atoms with van der Waals surface area (Å²) in [6.45, 7) is 4.60. The highest BCUT2D eigenvalue weighted by molar-refractivity contribution is 7.99. The molecule has 0 radical (unpaired) electrons. The number of aromatic nitrogens is 2. The van der Waals surface area contributed by atoms with Crippen LogP contribution >= 0.6 is 11.8 Å². The van der Waals surface area contributed by atoms with Crippen molar-refractivity contribution in [2.75, 3.05) is 19.4 Å². The number of carbonyl (C=O) groups excluding carboxylic acids is 2. The number of carbonyl (C=O) groups is 2. The molecule has 0 fully saturated rings. The molecule has 1 aromatic heterocycles. The number of nitrogens with one attached hydrogen (secondary N) is 2. The van der Waals surface area contributed by atoms with E-state index >= 15 is 0 Å². The molecule has 168 valence electrons. The molecule has 2 aromatic carbocycles. The maximum absolute atomic E-state index is 13.3. The number of rotatable bonds is 8. The van der Waals surface area contributed by atoms with Crippen LogP contribution in [0.3, 0.4) is 0 Å². The molecule has 8 nitrogen and oxygen atoms in total. The van der Waals surface area contributed by atoms with Crippen molar-refractivity contribution in [3.63, 3.8) is 0 Å². The standard InChI is InChI=1S/C23H26N4O4S/c1-15(2)12-13-24-22(30)26-20(28)14-32-23-25-17-9-5-4-8-16(17)21(29)27(23)18-10-6-7-11-19(18)31-3/h4-11,15H,12-14H2,1-3H3,(H2,24,26,28,30). The highest BCUT2D eigenvalue weighted by Gasteiger charge is 2.18. The summed E-state index contributed by atoms with van der Waals surface area (Å²) < 4.78 is 6.86. The van der Waals surface area contributed by atoms with E-state index in [0.29, 0.717) is 40.0 Å². The van der Waals surface area contributed by atoms with Crippen molar-refractivity contribution >= 4 is 34.6 Å². The number of methoxy groups -OCH3 is 1. The Kier molecular flexibility index (Phi) is 7.88. The second-order valence-electron chi connectivity index (χ2n) is 7.50. The van der Waals surface area contributed by atoms with E-state index in [1.54, 1.807) is 48.5 Å². The topological polar surface area (TPSA) is 102 Å². The number of urea groups is 1. The van der Waals surface area contributed by atoms with Crippen LogP contribution in [0, 0.1) is 5.92 Å². The van der Waals surface area contributed by atoms with Gasteiger partial charge in [0, 0.05) is 6.54 Å². The average Bonchev–Trinajstić information content (AvgIpc) is 2.77. The van der Waals surface area contributed by atoms with Crippen LogP contribution in [-0.2, 0) is 4.79 Å². The highest BCUT2D eigenvalue weighted by Crippen LogP contribution is 2.26. The first kappa shape index (κ1) is 23.3. The molecule has 0 aliphatic heterocycles. The van der Waals surface area contributed by atoms with Gasteiger partial charge in [0.1, 0.15) is 5.75 Å². The van der Waals surface area contributed by atoms with Gasteiger partial charge in [-0.1, -0.05) is 49.9 Å². The van der Waals surface area contributed by atoms with Crippen molar-refractivity contribution in [1.29, 1.82) is 0 Å². The summed E-state index contributed by atoms with van der Waals surface area (Å²) in [6.07, 6.45) is 0.822. The van der Waals surface area contributed by atoms with Crippen molar-refractivity contribution in [1.82, 2.24) is 20.2 Å². The SMILES string of the molecule is COc1ccccc1-n1c(SCC(=O)NC(=O)NCCC(C)C)nc2ccccc2c1=O. The van der Waals surface area contributed by atoms with Crippen molar-refractivity contribution < 1.29 is 14.3 Å². The normalized spacial score (nSPS) is 10.9. The van der Waals surface area contributed by atoms with Gasteiger partial charge in [0.15, 0.2) is 5.16 Å². The fraction of sp³-hybridized carbons (Fsp3) is 0.304. The Bertz CT molecular complexity index is 1180. The molecule has 2 N–H and O–H groups in total. The van der Waals surface area contributed by atoms with Crippen LogP contribution in [-0.4, -0.2) is 40.9 Å². The summed E-state index contributed by atoms with van der Waals surface area (Å²) in [7, 11) is 1.52. The van der Waals surface area contributed by atoms with Crippen LogP contribution in [0.4, 0.5) is 4.79 Å². The van der Waals surface area contributed by atoms with Crippen molar-refractivity contribution in [3.05, 3.63) is 58.9 Å². The Hall–Kier alpha value is -3.33. The number of fused-ring (bicyclic) bond motifs is 1. The Morgan fingerprint density at radius 2 is 1.84 bits per heavy atom. The molecule has 1 heterocycles. The zero-order valence-corrected chi connectivity index (χ0v) is 19.1.